The van der Waals surface area contributed by atoms with Crippen molar-refractivity contribution in [2.45, 2.75) is 12.5 Å². The van der Waals surface area contributed by atoms with Crippen LogP contribution in [0.15, 0.2) is 18.5 Å². The van der Waals surface area contributed by atoms with Crippen molar-refractivity contribution >= 4 is 5.91 Å². The largest absolute Gasteiger partial charge is 0.394 e. The maximum Gasteiger partial charge on any atom is 0.253 e. The van der Waals surface area contributed by atoms with Gasteiger partial charge < -0.3 is 20.6 Å². The molecular weight excluding hydrogens is 224 g/mol. The molecule has 1 rings (SSSR count). The number of rotatable bonds is 5. The third kappa shape index (κ3) is 3.23. The molecule has 0 radical (unpaired) electrons. The zero-order valence-electron chi connectivity index (χ0n) is 9.55. The fourth-order valence-corrected chi connectivity index (χ4v) is 1.26. The number of aromatic nitrogens is 1. The number of aliphatic hydroxyl groups excluding tert-OH is 3. The topological polar surface area (TPSA) is 103 Å². The standard InChI is InChI=1S/C11H16N2O4/c1-8-2-9(4-12-3-8)10(17)13-11(5-14,6-15)7-16/h2-4,14-16H,5-7H2,1H3,(H,13,17). The van der Waals surface area contributed by atoms with Gasteiger partial charge in [0.2, 0.25) is 0 Å². The van der Waals surface area contributed by atoms with Crippen LogP contribution < -0.4 is 5.32 Å². The highest BCUT2D eigenvalue weighted by atomic mass is 16.3. The lowest BCUT2D eigenvalue weighted by Crippen LogP contribution is -2.57. The smallest absolute Gasteiger partial charge is 0.253 e. The van der Waals surface area contributed by atoms with Crippen LogP contribution in [0, 0.1) is 6.92 Å². The summed E-state index contributed by atoms with van der Waals surface area (Å²) in [5, 5.41) is 29.6. The summed E-state index contributed by atoms with van der Waals surface area (Å²) in [5.41, 5.74) is -0.286. The molecule has 0 spiro atoms. The van der Waals surface area contributed by atoms with E-state index in [4.69, 9.17) is 15.3 Å². The second-order valence-corrected chi connectivity index (χ2v) is 3.96. The van der Waals surface area contributed by atoms with Crippen molar-refractivity contribution in [3.63, 3.8) is 0 Å². The van der Waals surface area contributed by atoms with Crippen LogP contribution in [0.5, 0.6) is 0 Å². The normalized spacial score (nSPS) is 11.3. The van der Waals surface area contributed by atoms with Crippen molar-refractivity contribution in [3.8, 4) is 0 Å². The van der Waals surface area contributed by atoms with Crippen LogP contribution in [0.3, 0.4) is 0 Å². The van der Waals surface area contributed by atoms with E-state index in [1.165, 1.54) is 6.20 Å². The number of pyridine rings is 1. The van der Waals surface area contributed by atoms with E-state index >= 15 is 0 Å². The summed E-state index contributed by atoms with van der Waals surface area (Å²) in [6.07, 6.45) is 2.98. The molecule has 94 valence electrons. The molecule has 1 aromatic rings. The maximum atomic E-state index is 11.8. The Morgan fingerprint density at radius 2 is 1.88 bits per heavy atom. The van der Waals surface area contributed by atoms with Gasteiger partial charge in [-0.2, -0.15) is 0 Å². The highest BCUT2D eigenvalue weighted by Gasteiger charge is 2.30. The van der Waals surface area contributed by atoms with Crippen LogP contribution in [0.2, 0.25) is 0 Å². The maximum absolute atomic E-state index is 11.8. The average Bonchev–Trinajstić information content (AvgIpc) is 2.36. The van der Waals surface area contributed by atoms with E-state index in [2.05, 4.69) is 10.3 Å². The average molecular weight is 240 g/mol. The number of hydrogen-bond donors (Lipinski definition) is 4. The lowest BCUT2D eigenvalue weighted by Gasteiger charge is -2.28. The molecule has 1 amide bonds. The van der Waals surface area contributed by atoms with Crippen molar-refractivity contribution in [2.75, 3.05) is 19.8 Å². The first-order chi connectivity index (χ1) is 8.06. The molecule has 6 nitrogen and oxygen atoms in total. The minimum absolute atomic E-state index is 0.310. The molecule has 0 fully saturated rings. The van der Waals surface area contributed by atoms with Crippen LogP contribution in [-0.4, -0.2) is 51.6 Å². The zero-order chi connectivity index (χ0) is 12.9. The third-order valence-corrected chi connectivity index (χ3v) is 2.42. The van der Waals surface area contributed by atoms with Crippen LogP contribution >= 0.6 is 0 Å². The minimum Gasteiger partial charge on any atom is -0.394 e. The number of nitrogens with one attached hydrogen (secondary N) is 1. The van der Waals surface area contributed by atoms with Crippen molar-refractivity contribution in [2.24, 2.45) is 0 Å². The molecule has 0 saturated heterocycles. The Morgan fingerprint density at radius 1 is 1.29 bits per heavy atom. The van der Waals surface area contributed by atoms with E-state index in [0.29, 0.717) is 5.56 Å². The summed E-state index contributed by atoms with van der Waals surface area (Å²) in [5.74, 6) is -0.502. The number of carbonyl (C=O) groups is 1. The molecule has 4 N–H and O–H groups in total. The summed E-state index contributed by atoms with van der Waals surface area (Å²) >= 11 is 0. The van der Waals surface area contributed by atoms with Crippen LogP contribution in [0.4, 0.5) is 0 Å². The first-order valence-electron chi connectivity index (χ1n) is 5.13. The fraction of sp³-hybridized carbons (Fsp3) is 0.455. The molecule has 0 unspecified atom stereocenters. The lowest BCUT2D eigenvalue weighted by molar-refractivity contribution is 0.0375. The molecule has 0 aromatic carbocycles. The third-order valence-electron chi connectivity index (χ3n) is 2.42. The second-order valence-electron chi connectivity index (χ2n) is 3.96. The Kier molecular flexibility index (Phi) is 4.56. The van der Waals surface area contributed by atoms with Gasteiger partial charge in [0.25, 0.3) is 5.91 Å². The monoisotopic (exact) mass is 240 g/mol. The van der Waals surface area contributed by atoms with E-state index in [0.717, 1.165) is 5.56 Å². The summed E-state index contributed by atoms with van der Waals surface area (Å²) in [4.78, 5) is 15.7. The molecule has 1 aromatic heterocycles. The van der Waals surface area contributed by atoms with Crippen LogP contribution in [-0.2, 0) is 0 Å². The van der Waals surface area contributed by atoms with E-state index in [1.54, 1.807) is 19.2 Å². The van der Waals surface area contributed by atoms with Gasteiger partial charge in [-0.3, -0.25) is 9.78 Å². The molecule has 1 heterocycles. The molecule has 6 heteroatoms. The predicted octanol–water partition coefficient (Wildman–Crippen LogP) is -1.16. The number of aliphatic hydroxyl groups is 3. The molecule has 0 saturated carbocycles. The van der Waals surface area contributed by atoms with E-state index in [9.17, 15) is 4.79 Å². The Morgan fingerprint density at radius 3 is 2.35 bits per heavy atom. The predicted molar refractivity (Wildman–Crippen MR) is 60.4 cm³/mol. The van der Waals surface area contributed by atoms with Gasteiger partial charge in [-0.05, 0) is 18.6 Å². The molecule has 0 aliphatic carbocycles. The van der Waals surface area contributed by atoms with Crippen molar-refractivity contribution in [1.29, 1.82) is 0 Å². The number of hydrogen-bond acceptors (Lipinski definition) is 5. The highest BCUT2D eigenvalue weighted by Crippen LogP contribution is 2.06. The molecule has 0 aliphatic rings. The van der Waals surface area contributed by atoms with Crippen LogP contribution in [0.25, 0.3) is 0 Å². The van der Waals surface area contributed by atoms with E-state index < -0.39 is 31.3 Å². The van der Waals surface area contributed by atoms with Gasteiger partial charge >= 0.3 is 0 Å². The summed E-state index contributed by atoms with van der Waals surface area (Å²) in [6.45, 7) is 0.141. The van der Waals surface area contributed by atoms with Gasteiger partial charge in [0, 0.05) is 12.4 Å². The number of aryl methyl sites for hydroxylation is 1. The fourth-order valence-electron chi connectivity index (χ4n) is 1.26. The quantitative estimate of drug-likeness (QED) is 0.519. The minimum atomic E-state index is -1.42. The molecule has 17 heavy (non-hydrogen) atoms. The first kappa shape index (κ1) is 13.6. The van der Waals surface area contributed by atoms with Gasteiger partial charge in [0.1, 0.15) is 5.54 Å². The van der Waals surface area contributed by atoms with Gasteiger partial charge in [-0.1, -0.05) is 0 Å². The Bertz CT molecular complexity index is 383. The van der Waals surface area contributed by atoms with Crippen molar-refractivity contribution in [1.82, 2.24) is 10.3 Å². The lowest BCUT2D eigenvalue weighted by atomic mass is 10.0. The summed E-state index contributed by atoms with van der Waals surface area (Å²) < 4.78 is 0. The van der Waals surface area contributed by atoms with Crippen LogP contribution in [0.1, 0.15) is 15.9 Å². The van der Waals surface area contributed by atoms with Crippen molar-refractivity contribution < 1.29 is 20.1 Å². The second kappa shape index (κ2) is 5.72. The Labute approximate surface area is 98.9 Å². The molecule has 0 atom stereocenters. The Balaban J connectivity index is 2.84. The number of nitrogens with zero attached hydrogens (tertiary/aromatic N) is 1. The zero-order valence-corrected chi connectivity index (χ0v) is 9.55. The summed E-state index contributed by atoms with van der Waals surface area (Å²) in [7, 11) is 0. The van der Waals surface area contributed by atoms with Crippen molar-refractivity contribution in [3.05, 3.63) is 29.6 Å². The number of amides is 1. The van der Waals surface area contributed by atoms with Gasteiger partial charge in [-0.15, -0.1) is 0 Å². The summed E-state index contributed by atoms with van der Waals surface area (Å²) in [6, 6.07) is 1.62. The number of carbonyl (C=O) groups excluding carboxylic acids is 1. The molecular formula is C11H16N2O4. The van der Waals surface area contributed by atoms with E-state index in [-0.39, 0.29) is 0 Å². The van der Waals surface area contributed by atoms with Gasteiger partial charge in [0.05, 0.1) is 25.4 Å². The SMILES string of the molecule is Cc1cncc(C(=O)NC(CO)(CO)CO)c1. The molecule has 0 aliphatic heterocycles. The van der Waals surface area contributed by atoms with Gasteiger partial charge in [-0.25, -0.2) is 0 Å². The first-order valence-corrected chi connectivity index (χ1v) is 5.13. The molecule has 0 bridgehead atoms. The highest BCUT2D eigenvalue weighted by molar-refractivity contribution is 5.94. The Hall–Kier alpha value is -1.50. The van der Waals surface area contributed by atoms with Gasteiger partial charge in [0.15, 0.2) is 0 Å². The van der Waals surface area contributed by atoms with E-state index in [1.807, 2.05) is 0 Å².